The fraction of sp³-hybridized carbons (Fsp3) is 0.400. The Morgan fingerprint density at radius 2 is 1.93 bits per heavy atom. The normalized spacial score (nSPS) is 17.2. The number of carbonyl (C=O) groups is 2. The third-order valence-electron chi connectivity index (χ3n) is 4.46. The summed E-state index contributed by atoms with van der Waals surface area (Å²) in [5, 5.41) is 3.75. The lowest BCUT2D eigenvalue weighted by Crippen LogP contribution is -2.42. The molecule has 0 radical (unpaired) electrons. The van der Waals surface area contributed by atoms with Gasteiger partial charge in [0.05, 0.1) is 5.92 Å². The summed E-state index contributed by atoms with van der Waals surface area (Å²) in [5.74, 6) is -1.28. The van der Waals surface area contributed by atoms with E-state index in [2.05, 4.69) is 11.9 Å². The molecule has 1 aliphatic rings. The molecule has 1 aromatic carbocycles. The Balaban J connectivity index is 1.86. The zero-order valence-electron chi connectivity index (χ0n) is 15.9. The quantitative estimate of drug-likeness (QED) is 0.526. The molecule has 28 heavy (non-hydrogen) atoms. The number of nitrogens with zero attached hydrogens (tertiary/aromatic N) is 1. The zero-order valence-corrected chi connectivity index (χ0v) is 16.7. The van der Waals surface area contributed by atoms with Gasteiger partial charge >= 0.3 is 5.97 Å². The number of esters is 1. The van der Waals surface area contributed by atoms with Crippen molar-refractivity contribution in [3.05, 3.63) is 54.0 Å². The van der Waals surface area contributed by atoms with Gasteiger partial charge in [0.15, 0.2) is 6.10 Å². The molecular weight excluding hydrogens is 380 g/mol. The van der Waals surface area contributed by atoms with E-state index in [1.54, 1.807) is 6.08 Å². The molecule has 7 nitrogen and oxygen atoms in total. The van der Waals surface area contributed by atoms with Gasteiger partial charge in [0.1, 0.15) is 0 Å². The van der Waals surface area contributed by atoms with E-state index in [1.807, 2.05) is 30.3 Å². The maximum atomic E-state index is 12.5. The summed E-state index contributed by atoms with van der Waals surface area (Å²) in [6.07, 6.45) is 2.91. The van der Waals surface area contributed by atoms with E-state index in [4.69, 9.17) is 4.74 Å². The van der Waals surface area contributed by atoms with Crippen LogP contribution >= 0.6 is 0 Å². The minimum atomic E-state index is -3.55. The molecule has 0 aliphatic carbocycles. The van der Waals surface area contributed by atoms with Crippen LogP contribution in [0.15, 0.2) is 48.4 Å². The van der Waals surface area contributed by atoms with Crippen molar-refractivity contribution < 1.29 is 22.7 Å². The van der Waals surface area contributed by atoms with Crippen LogP contribution in [0.3, 0.4) is 0 Å². The van der Waals surface area contributed by atoms with Crippen LogP contribution in [0.25, 0.3) is 6.08 Å². The topological polar surface area (TPSA) is 92.8 Å². The molecule has 1 aliphatic heterocycles. The first-order valence-electron chi connectivity index (χ1n) is 9.16. The molecule has 1 heterocycles. The van der Waals surface area contributed by atoms with E-state index in [0.29, 0.717) is 19.4 Å². The molecule has 0 unspecified atom stereocenters. The van der Waals surface area contributed by atoms with Crippen molar-refractivity contribution in [1.82, 2.24) is 9.62 Å². The van der Waals surface area contributed by atoms with Crippen molar-refractivity contribution >= 4 is 28.0 Å². The average Bonchev–Trinajstić information content (AvgIpc) is 2.71. The van der Waals surface area contributed by atoms with Crippen LogP contribution in [0, 0.1) is 5.92 Å². The highest BCUT2D eigenvalue weighted by Gasteiger charge is 2.32. The molecule has 152 valence electrons. The zero-order chi connectivity index (χ0) is 20.6. The molecule has 0 saturated carbocycles. The summed E-state index contributed by atoms with van der Waals surface area (Å²) in [5.41, 5.74) is 0.799. The summed E-state index contributed by atoms with van der Waals surface area (Å²) in [6, 6.07) is 9.17. The number of ether oxygens (including phenoxy) is 1. The second kappa shape index (κ2) is 10.2. The van der Waals surface area contributed by atoms with Crippen LogP contribution < -0.4 is 5.32 Å². The van der Waals surface area contributed by atoms with Crippen LogP contribution in [0.4, 0.5) is 0 Å². The van der Waals surface area contributed by atoms with E-state index < -0.39 is 28.0 Å². The van der Waals surface area contributed by atoms with Gasteiger partial charge in [-0.25, -0.2) is 8.42 Å². The van der Waals surface area contributed by atoms with Crippen LogP contribution in [0.2, 0.25) is 0 Å². The molecule has 1 saturated heterocycles. The van der Waals surface area contributed by atoms with Crippen LogP contribution in [-0.2, 0) is 24.3 Å². The Bertz CT molecular complexity index is 812. The maximum absolute atomic E-state index is 12.5. The maximum Gasteiger partial charge on any atom is 0.309 e. The second-order valence-corrected chi connectivity index (χ2v) is 8.36. The summed E-state index contributed by atoms with van der Waals surface area (Å²) in [7, 11) is -3.55. The van der Waals surface area contributed by atoms with Gasteiger partial charge in [-0.2, -0.15) is 4.31 Å². The molecule has 0 spiro atoms. The summed E-state index contributed by atoms with van der Waals surface area (Å²) in [6.45, 7) is 5.77. The summed E-state index contributed by atoms with van der Waals surface area (Å²) in [4.78, 5) is 24.0. The first-order valence-corrected chi connectivity index (χ1v) is 10.7. The fourth-order valence-corrected chi connectivity index (χ4v) is 4.02. The van der Waals surface area contributed by atoms with E-state index in [-0.39, 0.29) is 19.0 Å². The van der Waals surface area contributed by atoms with Gasteiger partial charge in [-0.1, -0.05) is 36.4 Å². The SMILES string of the molecule is C=CCNC(=O)[C@@H](C)OC(=O)C1CCN(S(=O)(=O)/C=C/c2ccccc2)CC1. The number of rotatable bonds is 8. The van der Waals surface area contributed by atoms with E-state index in [9.17, 15) is 18.0 Å². The molecule has 1 atom stereocenters. The van der Waals surface area contributed by atoms with Crippen molar-refractivity contribution in [2.24, 2.45) is 5.92 Å². The highest BCUT2D eigenvalue weighted by Crippen LogP contribution is 2.22. The fourth-order valence-electron chi connectivity index (χ4n) is 2.80. The molecule has 0 aromatic heterocycles. The minimum Gasteiger partial charge on any atom is -0.452 e. The number of hydrogen-bond acceptors (Lipinski definition) is 5. The van der Waals surface area contributed by atoms with Gasteiger partial charge in [0.25, 0.3) is 5.91 Å². The van der Waals surface area contributed by atoms with Crippen LogP contribution in [0.1, 0.15) is 25.3 Å². The third-order valence-corrected chi connectivity index (χ3v) is 6.03. The highest BCUT2D eigenvalue weighted by molar-refractivity contribution is 7.92. The molecule has 0 bridgehead atoms. The number of nitrogens with one attached hydrogen (secondary N) is 1. The van der Waals surface area contributed by atoms with E-state index in [1.165, 1.54) is 22.7 Å². The van der Waals surface area contributed by atoms with Crippen molar-refractivity contribution in [2.75, 3.05) is 19.6 Å². The van der Waals surface area contributed by atoms with E-state index >= 15 is 0 Å². The lowest BCUT2D eigenvalue weighted by Gasteiger charge is -2.29. The van der Waals surface area contributed by atoms with Gasteiger partial charge < -0.3 is 10.1 Å². The Kier molecular flexibility index (Phi) is 7.95. The van der Waals surface area contributed by atoms with Gasteiger partial charge in [-0.05, 0) is 31.4 Å². The van der Waals surface area contributed by atoms with Gasteiger partial charge in [-0.3, -0.25) is 9.59 Å². The second-order valence-electron chi connectivity index (χ2n) is 6.54. The molecule has 8 heteroatoms. The van der Waals surface area contributed by atoms with Crippen molar-refractivity contribution in [2.45, 2.75) is 25.9 Å². The lowest BCUT2D eigenvalue weighted by atomic mass is 9.98. The van der Waals surface area contributed by atoms with E-state index in [0.717, 1.165) is 5.56 Å². The number of carbonyl (C=O) groups excluding carboxylic acids is 2. The number of hydrogen-bond donors (Lipinski definition) is 1. The molecule has 1 aromatic rings. The Labute approximate surface area is 166 Å². The Hall–Kier alpha value is -2.45. The predicted molar refractivity (Wildman–Crippen MR) is 107 cm³/mol. The highest BCUT2D eigenvalue weighted by atomic mass is 32.2. The number of piperidine rings is 1. The molecule has 2 rings (SSSR count). The van der Waals surface area contributed by atoms with Gasteiger partial charge in [0.2, 0.25) is 10.0 Å². The third kappa shape index (κ3) is 6.31. The monoisotopic (exact) mass is 406 g/mol. The first-order chi connectivity index (χ1) is 13.3. The smallest absolute Gasteiger partial charge is 0.309 e. The molecule has 1 fully saturated rings. The van der Waals surface area contributed by atoms with Crippen LogP contribution in [0.5, 0.6) is 0 Å². The number of benzene rings is 1. The summed E-state index contributed by atoms with van der Waals surface area (Å²) >= 11 is 0. The van der Waals surface area contributed by atoms with Crippen LogP contribution in [-0.4, -0.2) is 50.3 Å². The minimum absolute atomic E-state index is 0.234. The van der Waals surface area contributed by atoms with Crippen molar-refractivity contribution in [1.29, 1.82) is 0 Å². The number of sulfonamides is 1. The molecule has 1 N–H and O–H groups in total. The molecule has 1 amide bonds. The first kappa shape index (κ1) is 21.8. The van der Waals surface area contributed by atoms with Crippen molar-refractivity contribution in [3.8, 4) is 0 Å². The Morgan fingerprint density at radius 1 is 1.29 bits per heavy atom. The van der Waals surface area contributed by atoms with Crippen molar-refractivity contribution in [3.63, 3.8) is 0 Å². The average molecular weight is 407 g/mol. The number of amides is 1. The van der Waals surface area contributed by atoms with Gasteiger partial charge in [-0.15, -0.1) is 6.58 Å². The largest absolute Gasteiger partial charge is 0.452 e. The standard InChI is InChI=1S/C20H26N2O5S/c1-3-12-21-19(23)16(2)27-20(24)18-9-13-22(14-10-18)28(25,26)15-11-17-7-5-4-6-8-17/h3-8,11,15-16,18H,1,9-10,12-14H2,2H3,(H,21,23)/b15-11+/t16-/m1/s1. The van der Waals surface area contributed by atoms with Gasteiger partial charge in [0, 0.05) is 25.0 Å². The lowest BCUT2D eigenvalue weighted by molar-refractivity contribution is -0.159. The molecular formula is C20H26N2O5S. The Morgan fingerprint density at radius 3 is 2.54 bits per heavy atom. The summed E-state index contributed by atoms with van der Waals surface area (Å²) < 4.78 is 31.5. The predicted octanol–water partition coefficient (Wildman–Crippen LogP) is 1.93.